The van der Waals surface area contributed by atoms with Crippen LogP contribution in [0.25, 0.3) is 10.9 Å². The second-order valence-electron chi connectivity index (χ2n) is 6.35. The largest absolute Gasteiger partial charge is 0.481 e. The van der Waals surface area contributed by atoms with E-state index < -0.39 is 5.97 Å². The summed E-state index contributed by atoms with van der Waals surface area (Å²) in [5.41, 5.74) is 5.17. The highest BCUT2D eigenvalue weighted by Crippen LogP contribution is 2.31. The Morgan fingerprint density at radius 3 is 2.55 bits per heavy atom. The average molecular weight is 300 g/mol. The zero-order valence-electron chi connectivity index (χ0n) is 13.6. The van der Waals surface area contributed by atoms with Crippen LogP contribution in [-0.4, -0.2) is 27.1 Å². The van der Waals surface area contributed by atoms with Crippen LogP contribution in [0.3, 0.4) is 0 Å². The molecule has 0 amide bonds. The number of rotatable bonds is 5. The van der Waals surface area contributed by atoms with E-state index in [0.29, 0.717) is 12.8 Å². The first kappa shape index (κ1) is 15.1. The molecule has 2 heterocycles. The van der Waals surface area contributed by atoms with E-state index in [1.54, 1.807) is 0 Å². The SMILES string of the molecule is CCC(Cc1cn(C)c2cc3c(cc12)CN(CC)C3)C(=O)O. The van der Waals surface area contributed by atoms with Crippen LogP contribution in [0.2, 0.25) is 0 Å². The van der Waals surface area contributed by atoms with Gasteiger partial charge >= 0.3 is 5.97 Å². The molecule has 1 unspecified atom stereocenters. The van der Waals surface area contributed by atoms with Crippen molar-refractivity contribution >= 4 is 16.9 Å². The third-order valence-corrected chi connectivity index (χ3v) is 4.94. The molecule has 4 nitrogen and oxygen atoms in total. The lowest BCUT2D eigenvalue weighted by molar-refractivity contribution is -0.141. The predicted octanol–water partition coefficient (Wildman–Crippen LogP) is 3.17. The Balaban J connectivity index is 2.01. The van der Waals surface area contributed by atoms with Crippen LogP contribution in [0.5, 0.6) is 0 Å². The van der Waals surface area contributed by atoms with Crippen LogP contribution in [-0.2, 0) is 31.4 Å². The number of hydrogen-bond acceptors (Lipinski definition) is 2. The van der Waals surface area contributed by atoms with Gasteiger partial charge in [-0.1, -0.05) is 13.8 Å². The first-order chi connectivity index (χ1) is 10.5. The maximum atomic E-state index is 11.3. The Bertz CT molecular complexity index is 717. The number of carboxylic acid groups (broad SMARTS) is 1. The number of carboxylic acids is 1. The van der Waals surface area contributed by atoms with E-state index in [2.05, 4.69) is 34.7 Å². The molecular weight excluding hydrogens is 276 g/mol. The van der Waals surface area contributed by atoms with Gasteiger partial charge in [-0.3, -0.25) is 9.69 Å². The number of aliphatic carboxylic acids is 1. The fourth-order valence-electron chi connectivity index (χ4n) is 3.49. The second kappa shape index (κ2) is 5.76. The van der Waals surface area contributed by atoms with E-state index in [1.807, 2.05) is 14.0 Å². The summed E-state index contributed by atoms with van der Waals surface area (Å²) in [4.78, 5) is 13.8. The van der Waals surface area contributed by atoms with E-state index in [9.17, 15) is 9.90 Å². The lowest BCUT2D eigenvalue weighted by Gasteiger charge is -2.09. The van der Waals surface area contributed by atoms with Crippen molar-refractivity contribution in [2.45, 2.75) is 39.8 Å². The Hall–Kier alpha value is -1.81. The van der Waals surface area contributed by atoms with Gasteiger partial charge in [-0.15, -0.1) is 0 Å². The van der Waals surface area contributed by atoms with E-state index in [-0.39, 0.29) is 5.92 Å². The zero-order chi connectivity index (χ0) is 15.9. The molecule has 0 radical (unpaired) electrons. The molecule has 0 bridgehead atoms. The number of aromatic nitrogens is 1. The number of nitrogens with zero attached hydrogens (tertiary/aromatic N) is 2. The number of carbonyl (C=O) groups is 1. The lowest BCUT2D eigenvalue weighted by Crippen LogP contribution is -2.15. The molecule has 1 aliphatic rings. The van der Waals surface area contributed by atoms with Gasteiger partial charge in [0.2, 0.25) is 0 Å². The molecule has 2 aromatic rings. The van der Waals surface area contributed by atoms with Crippen LogP contribution in [0.4, 0.5) is 0 Å². The zero-order valence-corrected chi connectivity index (χ0v) is 13.6. The van der Waals surface area contributed by atoms with Gasteiger partial charge in [-0.2, -0.15) is 0 Å². The maximum Gasteiger partial charge on any atom is 0.306 e. The standard InChI is InChI=1S/C18H24N2O2/c1-4-12(18(21)22)6-15-9-19(3)17-8-14-11-20(5-2)10-13(14)7-16(15)17/h7-9,12H,4-6,10-11H2,1-3H3,(H,21,22). The van der Waals surface area contributed by atoms with Crippen molar-refractivity contribution in [3.8, 4) is 0 Å². The molecule has 22 heavy (non-hydrogen) atoms. The smallest absolute Gasteiger partial charge is 0.306 e. The molecule has 0 saturated carbocycles. The Morgan fingerprint density at radius 2 is 1.95 bits per heavy atom. The van der Waals surface area contributed by atoms with Crippen molar-refractivity contribution in [3.05, 3.63) is 35.0 Å². The van der Waals surface area contributed by atoms with Crippen molar-refractivity contribution in [1.29, 1.82) is 0 Å². The Morgan fingerprint density at radius 1 is 1.27 bits per heavy atom. The normalized spacial score (nSPS) is 16.1. The summed E-state index contributed by atoms with van der Waals surface area (Å²) in [7, 11) is 2.05. The third kappa shape index (κ3) is 2.52. The molecule has 1 aliphatic heterocycles. The van der Waals surface area contributed by atoms with Crippen LogP contribution in [0, 0.1) is 5.92 Å². The third-order valence-electron chi connectivity index (χ3n) is 4.94. The van der Waals surface area contributed by atoms with Gasteiger partial charge < -0.3 is 9.67 Å². The molecule has 4 heteroatoms. The summed E-state index contributed by atoms with van der Waals surface area (Å²) in [6, 6.07) is 4.57. The van der Waals surface area contributed by atoms with Gasteiger partial charge in [0.1, 0.15) is 0 Å². The van der Waals surface area contributed by atoms with Gasteiger partial charge in [-0.25, -0.2) is 0 Å². The molecule has 1 aromatic carbocycles. The van der Waals surface area contributed by atoms with E-state index in [0.717, 1.165) is 25.2 Å². The molecular formula is C18H24N2O2. The quantitative estimate of drug-likeness (QED) is 0.922. The Kier molecular flexibility index (Phi) is 3.96. The molecule has 1 N–H and O–H groups in total. The second-order valence-corrected chi connectivity index (χ2v) is 6.35. The number of fused-ring (bicyclic) bond motifs is 2. The Labute approximate surface area is 131 Å². The minimum absolute atomic E-state index is 0.300. The van der Waals surface area contributed by atoms with Gasteiger partial charge in [0.15, 0.2) is 0 Å². The molecule has 1 atom stereocenters. The highest BCUT2D eigenvalue weighted by molar-refractivity contribution is 5.86. The first-order valence-electron chi connectivity index (χ1n) is 8.08. The monoisotopic (exact) mass is 300 g/mol. The van der Waals surface area contributed by atoms with Crippen LogP contribution in [0.1, 0.15) is 37.0 Å². The topological polar surface area (TPSA) is 45.5 Å². The van der Waals surface area contributed by atoms with Crippen molar-refractivity contribution in [2.24, 2.45) is 13.0 Å². The highest BCUT2D eigenvalue weighted by Gasteiger charge is 2.22. The van der Waals surface area contributed by atoms with Crippen molar-refractivity contribution in [1.82, 2.24) is 9.47 Å². The van der Waals surface area contributed by atoms with E-state index in [1.165, 1.54) is 22.0 Å². The fourth-order valence-corrected chi connectivity index (χ4v) is 3.49. The maximum absolute atomic E-state index is 11.3. The van der Waals surface area contributed by atoms with E-state index >= 15 is 0 Å². The first-order valence-corrected chi connectivity index (χ1v) is 8.08. The van der Waals surface area contributed by atoms with Crippen LogP contribution < -0.4 is 0 Å². The molecule has 3 rings (SSSR count). The van der Waals surface area contributed by atoms with Crippen molar-refractivity contribution < 1.29 is 9.90 Å². The highest BCUT2D eigenvalue weighted by atomic mass is 16.4. The van der Waals surface area contributed by atoms with Crippen LogP contribution >= 0.6 is 0 Å². The van der Waals surface area contributed by atoms with Gasteiger partial charge in [0.25, 0.3) is 0 Å². The molecule has 118 valence electrons. The number of aryl methyl sites for hydroxylation is 1. The minimum atomic E-state index is -0.696. The van der Waals surface area contributed by atoms with Gasteiger partial charge in [0.05, 0.1) is 5.92 Å². The van der Waals surface area contributed by atoms with Gasteiger partial charge in [-0.05, 0) is 48.2 Å². The summed E-state index contributed by atoms with van der Waals surface area (Å²) in [6.45, 7) is 7.23. The molecule has 1 aromatic heterocycles. The molecule has 0 spiro atoms. The molecule has 0 saturated heterocycles. The molecule has 0 aliphatic carbocycles. The lowest BCUT2D eigenvalue weighted by atomic mass is 9.95. The summed E-state index contributed by atoms with van der Waals surface area (Å²) in [5, 5.41) is 10.5. The minimum Gasteiger partial charge on any atom is -0.481 e. The van der Waals surface area contributed by atoms with Crippen molar-refractivity contribution in [3.63, 3.8) is 0 Å². The molecule has 0 fully saturated rings. The summed E-state index contributed by atoms with van der Waals surface area (Å²) in [5.74, 6) is -0.996. The van der Waals surface area contributed by atoms with Crippen molar-refractivity contribution in [2.75, 3.05) is 6.54 Å². The summed E-state index contributed by atoms with van der Waals surface area (Å²) >= 11 is 0. The summed E-state index contributed by atoms with van der Waals surface area (Å²) < 4.78 is 2.13. The number of benzene rings is 1. The van der Waals surface area contributed by atoms with E-state index in [4.69, 9.17) is 0 Å². The number of hydrogen-bond donors (Lipinski definition) is 1. The average Bonchev–Trinajstić information content (AvgIpc) is 3.03. The fraction of sp³-hybridized carbons (Fsp3) is 0.500. The van der Waals surface area contributed by atoms with Crippen LogP contribution in [0.15, 0.2) is 18.3 Å². The predicted molar refractivity (Wildman–Crippen MR) is 87.8 cm³/mol. The summed E-state index contributed by atoms with van der Waals surface area (Å²) in [6.07, 6.45) is 3.38. The van der Waals surface area contributed by atoms with Gasteiger partial charge in [0, 0.05) is 37.2 Å².